The quantitative estimate of drug-likeness (QED) is 0.729. The van der Waals surface area contributed by atoms with Crippen LogP contribution in [0.5, 0.6) is 0 Å². The van der Waals surface area contributed by atoms with Crippen molar-refractivity contribution in [3.05, 3.63) is 41.7 Å². The second kappa shape index (κ2) is 7.88. The number of benzene rings is 1. The fraction of sp³-hybridized carbons (Fsp3) is 0.250. The zero-order valence-corrected chi connectivity index (χ0v) is 13.9. The maximum atomic E-state index is 12.9. The summed E-state index contributed by atoms with van der Waals surface area (Å²) in [5.41, 5.74) is -1.63. The standard InChI is InChI=1S/C16H14F3N5O3/c1-9(25)22-12-6-21-24(7-12)8-14(26)15(27)23-11-3-2-10(5-20)13(4-11)16(17,18)19/h2-4,6-7,14,26H,8H2,1H3,(H,22,25)(H,23,27)/t14-/m0/s1. The predicted octanol–water partition coefficient (Wildman–Crippen LogP) is 1.73. The number of halogens is 3. The van der Waals surface area contributed by atoms with Gasteiger partial charge in [0.2, 0.25) is 5.91 Å². The van der Waals surface area contributed by atoms with E-state index in [1.165, 1.54) is 30.1 Å². The lowest BCUT2D eigenvalue weighted by molar-refractivity contribution is -0.137. The Balaban J connectivity index is 2.07. The summed E-state index contributed by atoms with van der Waals surface area (Å²) in [5, 5.41) is 27.1. The number of aliphatic hydroxyl groups excluding tert-OH is 1. The van der Waals surface area contributed by atoms with E-state index in [2.05, 4.69) is 15.7 Å². The molecule has 1 aromatic heterocycles. The number of hydrogen-bond donors (Lipinski definition) is 3. The number of aliphatic hydroxyl groups is 1. The van der Waals surface area contributed by atoms with Crippen molar-refractivity contribution in [3.8, 4) is 6.07 Å². The summed E-state index contributed by atoms with van der Waals surface area (Å²) in [6.45, 7) is 1.01. The number of alkyl halides is 3. The Morgan fingerprint density at radius 2 is 2.04 bits per heavy atom. The molecule has 27 heavy (non-hydrogen) atoms. The summed E-state index contributed by atoms with van der Waals surface area (Å²) in [4.78, 5) is 22.9. The highest BCUT2D eigenvalue weighted by Gasteiger charge is 2.34. The van der Waals surface area contributed by atoms with E-state index in [1.54, 1.807) is 0 Å². The van der Waals surface area contributed by atoms with Crippen molar-refractivity contribution in [2.45, 2.75) is 25.7 Å². The van der Waals surface area contributed by atoms with Gasteiger partial charge in [0.15, 0.2) is 6.10 Å². The molecule has 0 bridgehead atoms. The molecule has 0 aliphatic rings. The number of amides is 2. The molecule has 0 radical (unpaired) electrons. The highest BCUT2D eigenvalue weighted by molar-refractivity contribution is 5.94. The molecule has 11 heteroatoms. The highest BCUT2D eigenvalue weighted by atomic mass is 19.4. The van der Waals surface area contributed by atoms with Gasteiger partial charge >= 0.3 is 6.18 Å². The number of nitriles is 1. The molecule has 1 aromatic carbocycles. The van der Waals surface area contributed by atoms with Gasteiger partial charge in [-0.2, -0.15) is 23.5 Å². The summed E-state index contributed by atoms with van der Waals surface area (Å²) < 4.78 is 40.0. The van der Waals surface area contributed by atoms with Gasteiger partial charge in [-0.3, -0.25) is 14.3 Å². The fourth-order valence-electron chi connectivity index (χ4n) is 2.17. The van der Waals surface area contributed by atoms with E-state index in [0.717, 1.165) is 12.1 Å². The molecule has 0 fully saturated rings. The Bertz CT molecular complexity index is 901. The summed E-state index contributed by atoms with van der Waals surface area (Å²) in [7, 11) is 0. The van der Waals surface area contributed by atoms with Crippen LogP contribution in [0.3, 0.4) is 0 Å². The number of hydrogen-bond acceptors (Lipinski definition) is 5. The first-order chi connectivity index (χ1) is 12.6. The van der Waals surface area contributed by atoms with Crippen molar-refractivity contribution in [1.29, 1.82) is 5.26 Å². The van der Waals surface area contributed by atoms with Crippen LogP contribution in [0.15, 0.2) is 30.6 Å². The van der Waals surface area contributed by atoms with Gasteiger partial charge in [0, 0.05) is 18.8 Å². The summed E-state index contributed by atoms with van der Waals surface area (Å²) >= 11 is 0. The van der Waals surface area contributed by atoms with E-state index in [-0.39, 0.29) is 18.1 Å². The Morgan fingerprint density at radius 3 is 2.63 bits per heavy atom. The topological polar surface area (TPSA) is 120 Å². The van der Waals surface area contributed by atoms with Crippen molar-refractivity contribution in [2.75, 3.05) is 10.6 Å². The molecule has 2 rings (SSSR count). The van der Waals surface area contributed by atoms with Crippen LogP contribution in [0.4, 0.5) is 24.5 Å². The Morgan fingerprint density at radius 1 is 1.33 bits per heavy atom. The molecule has 0 saturated carbocycles. The van der Waals surface area contributed by atoms with Gasteiger partial charge in [0.25, 0.3) is 5.91 Å². The van der Waals surface area contributed by atoms with Gasteiger partial charge in [0.05, 0.1) is 35.6 Å². The molecule has 2 amide bonds. The summed E-state index contributed by atoms with van der Waals surface area (Å²) in [6.07, 6.45) is -3.69. The van der Waals surface area contributed by atoms with Crippen molar-refractivity contribution in [1.82, 2.24) is 9.78 Å². The van der Waals surface area contributed by atoms with Crippen molar-refractivity contribution >= 4 is 23.2 Å². The first kappa shape index (κ1) is 19.9. The van der Waals surface area contributed by atoms with Gasteiger partial charge in [0.1, 0.15) is 0 Å². The second-order valence-corrected chi connectivity index (χ2v) is 5.51. The normalized spacial score (nSPS) is 12.1. The lowest BCUT2D eigenvalue weighted by Gasteiger charge is -2.14. The monoisotopic (exact) mass is 381 g/mol. The third kappa shape index (κ3) is 5.29. The van der Waals surface area contributed by atoms with Gasteiger partial charge < -0.3 is 15.7 Å². The maximum Gasteiger partial charge on any atom is 0.417 e. The molecule has 8 nitrogen and oxygen atoms in total. The summed E-state index contributed by atoms with van der Waals surface area (Å²) in [5.74, 6) is -1.28. The molecule has 2 aromatic rings. The molecule has 0 saturated heterocycles. The van der Waals surface area contributed by atoms with Crippen LogP contribution in [0, 0.1) is 11.3 Å². The zero-order chi connectivity index (χ0) is 20.2. The van der Waals surface area contributed by atoms with Gasteiger partial charge in [-0.05, 0) is 18.2 Å². The van der Waals surface area contributed by atoms with Crippen LogP contribution in [0.25, 0.3) is 0 Å². The minimum absolute atomic E-state index is 0.218. The number of anilines is 2. The van der Waals surface area contributed by atoms with E-state index >= 15 is 0 Å². The molecule has 0 aliphatic carbocycles. The minimum atomic E-state index is -4.76. The van der Waals surface area contributed by atoms with Crippen molar-refractivity contribution < 1.29 is 27.9 Å². The molecule has 1 heterocycles. The molecule has 1 atom stereocenters. The number of rotatable bonds is 5. The van der Waals surface area contributed by atoms with Crippen molar-refractivity contribution in [2.24, 2.45) is 0 Å². The Kier molecular flexibility index (Phi) is 5.81. The van der Waals surface area contributed by atoms with Crippen LogP contribution >= 0.6 is 0 Å². The van der Waals surface area contributed by atoms with E-state index < -0.39 is 29.3 Å². The molecular formula is C16H14F3N5O3. The van der Waals surface area contributed by atoms with Gasteiger partial charge in [-0.15, -0.1) is 0 Å². The predicted molar refractivity (Wildman–Crippen MR) is 87.3 cm³/mol. The number of aromatic nitrogens is 2. The van der Waals surface area contributed by atoms with E-state index in [9.17, 15) is 27.9 Å². The lowest BCUT2D eigenvalue weighted by Crippen LogP contribution is -2.31. The van der Waals surface area contributed by atoms with Crippen molar-refractivity contribution in [3.63, 3.8) is 0 Å². The zero-order valence-electron chi connectivity index (χ0n) is 13.9. The van der Waals surface area contributed by atoms with Crippen LogP contribution < -0.4 is 10.6 Å². The molecule has 0 aliphatic heterocycles. The second-order valence-electron chi connectivity index (χ2n) is 5.51. The van der Waals surface area contributed by atoms with Crippen LogP contribution in [0.1, 0.15) is 18.1 Å². The summed E-state index contributed by atoms with van der Waals surface area (Å²) in [6, 6.07) is 4.10. The lowest BCUT2D eigenvalue weighted by atomic mass is 10.1. The number of nitrogens with one attached hydrogen (secondary N) is 2. The van der Waals surface area contributed by atoms with Gasteiger partial charge in [-0.1, -0.05) is 0 Å². The maximum absolute atomic E-state index is 12.9. The largest absolute Gasteiger partial charge is 0.417 e. The first-order valence-corrected chi connectivity index (χ1v) is 7.50. The van der Waals surface area contributed by atoms with E-state index in [4.69, 9.17) is 5.26 Å². The minimum Gasteiger partial charge on any atom is -0.381 e. The smallest absolute Gasteiger partial charge is 0.381 e. The third-order valence-electron chi connectivity index (χ3n) is 3.33. The SMILES string of the molecule is CC(=O)Nc1cnn(C[C@H](O)C(=O)Nc2ccc(C#N)c(C(F)(F)F)c2)c1. The molecule has 142 valence electrons. The number of carbonyl (C=O) groups excluding carboxylic acids is 2. The molecule has 3 N–H and O–H groups in total. The van der Waals surface area contributed by atoms with Crippen LogP contribution in [-0.2, 0) is 22.3 Å². The third-order valence-corrected chi connectivity index (χ3v) is 3.33. The van der Waals surface area contributed by atoms with E-state index in [1.807, 2.05) is 0 Å². The highest BCUT2D eigenvalue weighted by Crippen LogP contribution is 2.33. The Labute approximate surface area is 151 Å². The Hall–Kier alpha value is -3.39. The van der Waals surface area contributed by atoms with Crippen LogP contribution in [0.2, 0.25) is 0 Å². The van der Waals surface area contributed by atoms with E-state index in [0.29, 0.717) is 11.8 Å². The molecular weight excluding hydrogens is 367 g/mol. The molecule has 0 unspecified atom stereocenters. The fourth-order valence-corrected chi connectivity index (χ4v) is 2.17. The number of nitrogens with zero attached hydrogens (tertiary/aromatic N) is 3. The molecule has 0 spiro atoms. The van der Waals surface area contributed by atoms with Gasteiger partial charge in [-0.25, -0.2) is 0 Å². The first-order valence-electron chi connectivity index (χ1n) is 7.50. The number of carbonyl (C=O) groups is 2. The average Bonchev–Trinajstić information content (AvgIpc) is 3.00. The van der Waals surface area contributed by atoms with Crippen LogP contribution in [-0.4, -0.2) is 32.8 Å². The average molecular weight is 381 g/mol.